The lowest BCUT2D eigenvalue weighted by Gasteiger charge is -2.13. The molecule has 0 aromatic heterocycles. The van der Waals surface area contributed by atoms with Crippen molar-refractivity contribution in [2.75, 3.05) is 0 Å². The van der Waals surface area contributed by atoms with Crippen molar-refractivity contribution < 1.29 is 9.84 Å². The largest absolute Gasteiger partial charge is 0.491 e. The number of aliphatic hydroxyl groups excluding tert-OH is 1. The third-order valence-electron chi connectivity index (χ3n) is 2.98. The summed E-state index contributed by atoms with van der Waals surface area (Å²) < 4.78 is 5.58. The van der Waals surface area contributed by atoms with Crippen LogP contribution in [-0.2, 0) is 6.42 Å². The fourth-order valence-corrected chi connectivity index (χ4v) is 2.13. The van der Waals surface area contributed by atoms with Gasteiger partial charge < -0.3 is 9.84 Å². The van der Waals surface area contributed by atoms with Crippen LogP contribution < -0.4 is 4.74 Å². The first kappa shape index (κ1) is 14.9. The first-order valence-corrected chi connectivity index (χ1v) is 7.11. The van der Waals surface area contributed by atoms with Crippen molar-refractivity contribution in [3.63, 3.8) is 0 Å². The minimum atomic E-state index is -0.524. The topological polar surface area (TPSA) is 29.5 Å². The smallest absolute Gasteiger partial charge is 0.119 e. The quantitative estimate of drug-likeness (QED) is 0.884. The first-order chi connectivity index (χ1) is 9.54. The van der Waals surface area contributed by atoms with Gasteiger partial charge in [-0.2, -0.15) is 0 Å². The Labute approximate surface area is 125 Å². The molecule has 0 saturated carbocycles. The van der Waals surface area contributed by atoms with E-state index in [9.17, 15) is 5.11 Å². The van der Waals surface area contributed by atoms with E-state index in [0.717, 1.165) is 16.9 Å². The fourth-order valence-electron chi connectivity index (χ4n) is 2.00. The molecule has 3 heteroatoms. The van der Waals surface area contributed by atoms with Crippen LogP contribution in [-0.4, -0.2) is 11.2 Å². The molecular formula is C17H19ClO2. The van der Waals surface area contributed by atoms with Crippen molar-refractivity contribution in [3.8, 4) is 5.75 Å². The normalized spacial score (nSPS) is 12.4. The third-order valence-corrected chi connectivity index (χ3v) is 3.23. The van der Waals surface area contributed by atoms with E-state index in [2.05, 4.69) is 0 Å². The Morgan fingerprint density at radius 2 is 1.60 bits per heavy atom. The maximum absolute atomic E-state index is 10.2. The second-order valence-electron chi connectivity index (χ2n) is 5.08. The summed E-state index contributed by atoms with van der Waals surface area (Å²) >= 11 is 5.85. The standard InChI is InChI=1S/C17H19ClO2/c1-12(2)20-16-9-5-14(6-10-16)17(19)11-13-3-7-15(18)8-4-13/h3-10,12,17,19H,11H2,1-2H3. The third kappa shape index (κ3) is 4.26. The molecule has 0 fully saturated rings. The second-order valence-corrected chi connectivity index (χ2v) is 5.52. The van der Waals surface area contributed by atoms with Gasteiger partial charge >= 0.3 is 0 Å². The minimum absolute atomic E-state index is 0.153. The van der Waals surface area contributed by atoms with Crippen LogP contribution >= 0.6 is 11.6 Å². The van der Waals surface area contributed by atoms with Gasteiger partial charge in [0.15, 0.2) is 0 Å². The summed E-state index contributed by atoms with van der Waals surface area (Å²) in [6, 6.07) is 15.1. The van der Waals surface area contributed by atoms with Gasteiger partial charge in [0.25, 0.3) is 0 Å². The Morgan fingerprint density at radius 1 is 1.00 bits per heavy atom. The number of aliphatic hydroxyl groups is 1. The maximum atomic E-state index is 10.2. The zero-order chi connectivity index (χ0) is 14.5. The van der Waals surface area contributed by atoms with Gasteiger partial charge in [-0.1, -0.05) is 35.9 Å². The Bertz CT molecular complexity index is 532. The number of ether oxygens (including phenoxy) is 1. The zero-order valence-corrected chi connectivity index (χ0v) is 12.5. The molecule has 0 saturated heterocycles. The van der Waals surface area contributed by atoms with E-state index in [1.807, 2.05) is 62.4 Å². The fraction of sp³-hybridized carbons (Fsp3) is 0.294. The Morgan fingerprint density at radius 3 is 2.15 bits per heavy atom. The van der Waals surface area contributed by atoms with E-state index in [4.69, 9.17) is 16.3 Å². The number of rotatable bonds is 5. The SMILES string of the molecule is CC(C)Oc1ccc(C(O)Cc2ccc(Cl)cc2)cc1. The monoisotopic (exact) mass is 290 g/mol. The molecule has 0 aliphatic heterocycles. The molecule has 0 bridgehead atoms. The van der Waals surface area contributed by atoms with Crippen LogP contribution in [0.25, 0.3) is 0 Å². The average Bonchev–Trinajstić information content (AvgIpc) is 2.41. The van der Waals surface area contributed by atoms with Crippen LogP contribution in [0.1, 0.15) is 31.1 Å². The Hall–Kier alpha value is -1.51. The van der Waals surface area contributed by atoms with Crippen molar-refractivity contribution in [2.45, 2.75) is 32.5 Å². The molecule has 0 aliphatic rings. The van der Waals surface area contributed by atoms with Crippen LogP contribution in [0.3, 0.4) is 0 Å². The number of hydrogen-bond acceptors (Lipinski definition) is 2. The lowest BCUT2D eigenvalue weighted by atomic mass is 10.0. The first-order valence-electron chi connectivity index (χ1n) is 6.73. The van der Waals surface area contributed by atoms with E-state index in [1.165, 1.54) is 0 Å². The van der Waals surface area contributed by atoms with Crippen LogP contribution in [0.5, 0.6) is 5.75 Å². The average molecular weight is 291 g/mol. The number of benzene rings is 2. The molecule has 20 heavy (non-hydrogen) atoms. The highest BCUT2D eigenvalue weighted by molar-refractivity contribution is 6.30. The summed E-state index contributed by atoms with van der Waals surface area (Å²) in [4.78, 5) is 0. The molecule has 2 aromatic rings. The Kier molecular flexibility index (Phi) is 5.05. The molecule has 0 heterocycles. The predicted octanol–water partition coefficient (Wildman–Crippen LogP) is 4.40. The van der Waals surface area contributed by atoms with Crippen LogP contribution in [0.2, 0.25) is 5.02 Å². The summed E-state index contributed by atoms with van der Waals surface area (Å²) in [5.74, 6) is 0.822. The van der Waals surface area contributed by atoms with Gasteiger partial charge in [-0.3, -0.25) is 0 Å². The van der Waals surface area contributed by atoms with E-state index in [0.29, 0.717) is 11.4 Å². The lowest BCUT2D eigenvalue weighted by Crippen LogP contribution is -2.06. The summed E-state index contributed by atoms with van der Waals surface area (Å²) in [5.41, 5.74) is 1.94. The molecule has 1 unspecified atom stereocenters. The van der Waals surface area contributed by atoms with E-state index >= 15 is 0 Å². The van der Waals surface area contributed by atoms with Gasteiger partial charge in [0.1, 0.15) is 5.75 Å². The second kappa shape index (κ2) is 6.78. The molecule has 0 spiro atoms. The molecule has 2 rings (SSSR count). The molecule has 2 aromatic carbocycles. The molecule has 106 valence electrons. The Balaban J connectivity index is 2.01. The molecular weight excluding hydrogens is 272 g/mol. The van der Waals surface area contributed by atoms with Crippen LogP contribution in [0.4, 0.5) is 0 Å². The zero-order valence-electron chi connectivity index (χ0n) is 11.7. The van der Waals surface area contributed by atoms with E-state index in [-0.39, 0.29) is 6.10 Å². The van der Waals surface area contributed by atoms with Crippen molar-refractivity contribution in [3.05, 3.63) is 64.7 Å². The highest BCUT2D eigenvalue weighted by Crippen LogP contribution is 2.22. The summed E-state index contributed by atoms with van der Waals surface area (Å²) in [6.07, 6.45) is 0.200. The van der Waals surface area contributed by atoms with Gasteiger partial charge in [0, 0.05) is 11.4 Å². The van der Waals surface area contributed by atoms with E-state index in [1.54, 1.807) is 0 Å². The van der Waals surface area contributed by atoms with Crippen molar-refractivity contribution in [2.24, 2.45) is 0 Å². The van der Waals surface area contributed by atoms with Gasteiger partial charge in [-0.05, 0) is 49.2 Å². The highest BCUT2D eigenvalue weighted by Gasteiger charge is 2.09. The molecule has 0 radical (unpaired) electrons. The van der Waals surface area contributed by atoms with Crippen molar-refractivity contribution >= 4 is 11.6 Å². The van der Waals surface area contributed by atoms with Gasteiger partial charge in [-0.15, -0.1) is 0 Å². The van der Waals surface area contributed by atoms with Gasteiger partial charge in [0.2, 0.25) is 0 Å². The number of hydrogen-bond donors (Lipinski definition) is 1. The molecule has 0 aliphatic carbocycles. The van der Waals surface area contributed by atoms with Crippen molar-refractivity contribution in [1.82, 2.24) is 0 Å². The van der Waals surface area contributed by atoms with Gasteiger partial charge in [0.05, 0.1) is 12.2 Å². The molecule has 0 amide bonds. The summed E-state index contributed by atoms with van der Waals surface area (Å²) in [5, 5.41) is 10.9. The highest BCUT2D eigenvalue weighted by atomic mass is 35.5. The van der Waals surface area contributed by atoms with Crippen LogP contribution in [0, 0.1) is 0 Å². The maximum Gasteiger partial charge on any atom is 0.119 e. The molecule has 1 atom stereocenters. The van der Waals surface area contributed by atoms with E-state index < -0.39 is 6.10 Å². The molecule has 1 N–H and O–H groups in total. The van der Waals surface area contributed by atoms with Gasteiger partial charge in [-0.25, -0.2) is 0 Å². The predicted molar refractivity (Wildman–Crippen MR) is 82.3 cm³/mol. The lowest BCUT2D eigenvalue weighted by molar-refractivity contribution is 0.178. The molecule has 2 nitrogen and oxygen atoms in total. The summed E-state index contributed by atoms with van der Waals surface area (Å²) in [7, 11) is 0. The minimum Gasteiger partial charge on any atom is -0.491 e. The number of halogens is 1. The van der Waals surface area contributed by atoms with Crippen molar-refractivity contribution in [1.29, 1.82) is 0 Å². The van der Waals surface area contributed by atoms with Crippen LogP contribution in [0.15, 0.2) is 48.5 Å². The summed E-state index contributed by atoms with van der Waals surface area (Å²) in [6.45, 7) is 3.98.